The van der Waals surface area contributed by atoms with Crippen molar-refractivity contribution in [3.63, 3.8) is 0 Å². The molecule has 1 aliphatic heterocycles. The fourth-order valence-electron chi connectivity index (χ4n) is 1.62. The lowest BCUT2D eigenvalue weighted by Gasteiger charge is -2.28. The van der Waals surface area contributed by atoms with Crippen LogP contribution in [0.15, 0.2) is 22.8 Å². The van der Waals surface area contributed by atoms with Crippen molar-refractivity contribution in [2.24, 2.45) is 5.92 Å². The zero-order chi connectivity index (χ0) is 10.7. The van der Waals surface area contributed by atoms with Crippen molar-refractivity contribution >= 4 is 5.91 Å². The van der Waals surface area contributed by atoms with Gasteiger partial charge >= 0.3 is 0 Å². The minimum atomic E-state index is 0.193. The molecule has 82 valence electrons. The Labute approximate surface area is 89.2 Å². The second-order valence-corrected chi connectivity index (χ2v) is 4.06. The molecule has 0 atom stereocenters. The highest BCUT2D eigenvalue weighted by Crippen LogP contribution is 2.11. The molecule has 1 fully saturated rings. The van der Waals surface area contributed by atoms with Crippen molar-refractivity contribution in [2.45, 2.75) is 13.0 Å². The molecule has 1 amide bonds. The van der Waals surface area contributed by atoms with E-state index in [4.69, 9.17) is 4.42 Å². The number of hydrogen-bond acceptors (Lipinski definition) is 3. The van der Waals surface area contributed by atoms with Gasteiger partial charge in [-0.25, -0.2) is 0 Å². The SMILES string of the molecule is CN(Cc1ccco1)C(=O)CC1CNC1. The number of carbonyl (C=O) groups is 1. The summed E-state index contributed by atoms with van der Waals surface area (Å²) >= 11 is 0. The normalized spacial score (nSPS) is 16.1. The summed E-state index contributed by atoms with van der Waals surface area (Å²) in [5, 5.41) is 3.16. The van der Waals surface area contributed by atoms with Gasteiger partial charge < -0.3 is 14.6 Å². The molecule has 1 saturated heterocycles. The molecule has 0 spiro atoms. The van der Waals surface area contributed by atoms with E-state index < -0.39 is 0 Å². The maximum atomic E-state index is 11.7. The first-order chi connectivity index (χ1) is 7.25. The first kappa shape index (κ1) is 10.2. The molecule has 0 aliphatic carbocycles. The van der Waals surface area contributed by atoms with Crippen molar-refractivity contribution in [3.8, 4) is 0 Å². The van der Waals surface area contributed by atoms with Gasteiger partial charge in [0, 0.05) is 13.5 Å². The molecule has 0 saturated carbocycles. The molecule has 0 unspecified atom stereocenters. The Bertz CT molecular complexity index is 317. The average Bonchev–Trinajstić information content (AvgIpc) is 2.63. The van der Waals surface area contributed by atoms with E-state index in [-0.39, 0.29) is 5.91 Å². The highest BCUT2D eigenvalue weighted by Gasteiger charge is 2.22. The number of furan rings is 1. The zero-order valence-corrected chi connectivity index (χ0v) is 8.90. The van der Waals surface area contributed by atoms with Gasteiger partial charge in [-0.05, 0) is 31.1 Å². The summed E-state index contributed by atoms with van der Waals surface area (Å²) in [7, 11) is 1.82. The van der Waals surface area contributed by atoms with Crippen molar-refractivity contribution in [3.05, 3.63) is 24.2 Å². The molecule has 2 heterocycles. The Morgan fingerprint density at radius 3 is 3.00 bits per heavy atom. The van der Waals surface area contributed by atoms with E-state index in [1.165, 1.54) is 0 Å². The second-order valence-electron chi connectivity index (χ2n) is 4.06. The number of hydrogen-bond donors (Lipinski definition) is 1. The van der Waals surface area contributed by atoms with E-state index in [0.29, 0.717) is 18.9 Å². The molecule has 1 aliphatic rings. The van der Waals surface area contributed by atoms with E-state index >= 15 is 0 Å². The lowest BCUT2D eigenvalue weighted by atomic mass is 9.99. The quantitative estimate of drug-likeness (QED) is 0.797. The largest absolute Gasteiger partial charge is 0.467 e. The average molecular weight is 208 g/mol. The molecule has 0 bridgehead atoms. The standard InChI is InChI=1S/C11H16N2O2/c1-13(8-10-3-2-4-15-10)11(14)5-9-6-12-7-9/h2-4,9,12H,5-8H2,1H3. The minimum Gasteiger partial charge on any atom is -0.467 e. The van der Waals surface area contributed by atoms with Crippen LogP contribution >= 0.6 is 0 Å². The van der Waals surface area contributed by atoms with E-state index in [1.807, 2.05) is 19.2 Å². The number of carbonyl (C=O) groups excluding carboxylic acids is 1. The topological polar surface area (TPSA) is 45.5 Å². The van der Waals surface area contributed by atoms with E-state index in [0.717, 1.165) is 18.8 Å². The first-order valence-corrected chi connectivity index (χ1v) is 5.23. The van der Waals surface area contributed by atoms with Gasteiger partial charge in [0.2, 0.25) is 5.91 Å². The molecule has 4 heteroatoms. The fraction of sp³-hybridized carbons (Fsp3) is 0.545. The van der Waals surface area contributed by atoms with Gasteiger partial charge in [-0.15, -0.1) is 0 Å². The Morgan fingerprint density at radius 1 is 1.67 bits per heavy atom. The summed E-state index contributed by atoms with van der Waals surface area (Å²) in [6, 6.07) is 3.72. The molecule has 1 aromatic rings. The molecule has 1 N–H and O–H groups in total. The van der Waals surface area contributed by atoms with Crippen LogP contribution in [0.1, 0.15) is 12.2 Å². The molecular formula is C11H16N2O2. The van der Waals surface area contributed by atoms with Gasteiger partial charge in [0.15, 0.2) is 0 Å². The summed E-state index contributed by atoms with van der Waals surface area (Å²) in [6.07, 6.45) is 2.27. The number of nitrogens with one attached hydrogen (secondary N) is 1. The molecule has 0 radical (unpaired) electrons. The van der Waals surface area contributed by atoms with Crippen LogP contribution in [0, 0.1) is 5.92 Å². The monoisotopic (exact) mass is 208 g/mol. The maximum absolute atomic E-state index is 11.7. The smallest absolute Gasteiger partial charge is 0.223 e. The minimum absolute atomic E-state index is 0.193. The van der Waals surface area contributed by atoms with Crippen molar-refractivity contribution < 1.29 is 9.21 Å². The van der Waals surface area contributed by atoms with Crippen LogP contribution in [0.25, 0.3) is 0 Å². The first-order valence-electron chi connectivity index (χ1n) is 5.23. The van der Waals surface area contributed by atoms with Gasteiger partial charge in [0.1, 0.15) is 5.76 Å². The van der Waals surface area contributed by atoms with Crippen LogP contribution in [0.5, 0.6) is 0 Å². The maximum Gasteiger partial charge on any atom is 0.223 e. The summed E-state index contributed by atoms with van der Waals surface area (Å²) < 4.78 is 5.19. The molecular weight excluding hydrogens is 192 g/mol. The third-order valence-electron chi connectivity index (χ3n) is 2.73. The summed E-state index contributed by atoms with van der Waals surface area (Å²) in [5.74, 6) is 1.55. The Hall–Kier alpha value is -1.29. The molecule has 15 heavy (non-hydrogen) atoms. The predicted octanol–water partition coefficient (Wildman–Crippen LogP) is 0.847. The van der Waals surface area contributed by atoms with Crippen molar-refractivity contribution in [1.82, 2.24) is 10.2 Å². The third kappa shape index (κ3) is 2.59. The van der Waals surface area contributed by atoms with Gasteiger partial charge in [-0.2, -0.15) is 0 Å². The lowest BCUT2D eigenvalue weighted by molar-refractivity contribution is -0.132. The summed E-state index contributed by atoms with van der Waals surface area (Å²) in [4.78, 5) is 13.4. The summed E-state index contributed by atoms with van der Waals surface area (Å²) in [6.45, 7) is 2.51. The number of amides is 1. The zero-order valence-electron chi connectivity index (χ0n) is 8.90. The van der Waals surface area contributed by atoms with Crippen molar-refractivity contribution in [1.29, 1.82) is 0 Å². The van der Waals surface area contributed by atoms with E-state index in [1.54, 1.807) is 11.2 Å². The lowest BCUT2D eigenvalue weighted by Crippen LogP contribution is -2.44. The van der Waals surface area contributed by atoms with Crippen LogP contribution in [-0.4, -0.2) is 30.9 Å². The van der Waals surface area contributed by atoms with E-state index in [9.17, 15) is 4.79 Å². The Balaban J connectivity index is 1.79. The fourth-order valence-corrected chi connectivity index (χ4v) is 1.62. The van der Waals surface area contributed by atoms with Gasteiger partial charge in [-0.3, -0.25) is 4.79 Å². The van der Waals surface area contributed by atoms with Crippen LogP contribution in [0.2, 0.25) is 0 Å². The third-order valence-corrected chi connectivity index (χ3v) is 2.73. The Morgan fingerprint density at radius 2 is 2.47 bits per heavy atom. The van der Waals surface area contributed by atoms with Crippen molar-refractivity contribution in [2.75, 3.05) is 20.1 Å². The van der Waals surface area contributed by atoms with Gasteiger partial charge in [0.25, 0.3) is 0 Å². The van der Waals surface area contributed by atoms with E-state index in [2.05, 4.69) is 5.32 Å². The Kier molecular flexibility index (Phi) is 3.06. The van der Waals surface area contributed by atoms with Crippen LogP contribution in [-0.2, 0) is 11.3 Å². The van der Waals surface area contributed by atoms with Gasteiger partial charge in [0.05, 0.1) is 12.8 Å². The molecule has 2 rings (SSSR count). The van der Waals surface area contributed by atoms with Crippen LogP contribution in [0.3, 0.4) is 0 Å². The van der Waals surface area contributed by atoms with Crippen LogP contribution in [0.4, 0.5) is 0 Å². The van der Waals surface area contributed by atoms with Crippen LogP contribution < -0.4 is 5.32 Å². The predicted molar refractivity (Wildman–Crippen MR) is 56.2 cm³/mol. The number of rotatable bonds is 4. The highest BCUT2D eigenvalue weighted by atomic mass is 16.3. The second kappa shape index (κ2) is 4.49. The highest BCUT2D eigenvalue weighted by molar-refractivity contribution is 5.76. The molecule has 4 nitrogen and oxygen atoms in total. The molecule has 1 aromatic heterocycles. The summed E-state index contributed by atoms with van der Waals surface area (Å²) in [5.41, 5.74) is 0. The molecule has 0 aromatic carbocycles. The van der Waals surface area contributed by atoms with Gasteiger partial charge in [-0.1, -0.05) is 0 Å². The number of nitrogens with zero attached hydrogens (tertiary/aromatic N) is 1.